The number of unbranched alkanes of at least 4 members (excludes halogenated alkanes) is 1. The predicted octanol–water partition coefficient (Wildman–Crippen LogP) is 1.76. The fourth-order valence-corrected chi connectivity index (χ4v) is 1.67. The molecule has 1 aromatic heterocycles. The summed E-state index contributed by atoms with van der Waals surface area (Å²) in [5.74, 6) is -0.0914. The minimum atomic E-state index is -0.0914. The van der Waals surface area contributed by atoms with Crippen molar-refractivity contribution in [1.29, 1.82) is 0 Å². The smallest absolute Gasteiger partial charge is 0.269 e. The minimum Gasteiger partial charge on any atom is -0.351 e. The number of hydrogen-bond donors (Lipinski definition) is 1. The molecule has 0 bridgehead atoms. The van der Waals surface area contributed by atoms with Gasteiger partial charge in [-0.25, -0.2) is 4.98 Å². The van der Waals surface area contributed by atoms with E-state index >= 15 is 0 Å². The summed E-state index contributed by atoms with van der Waals surface area (Å²) in [5, 5.41) is 2.87. The zero-order valence-electron chi connectivity index (χ0n) is 10.2. The van der Waals surface area contributed by atoms with Crippen LogP contribution in [0.1, 0.15) is 23.3 Å². The summed E-state index contributed by atoms with van der Waals surface area (Å²) in [6.45, 7) is 1.76. The van der Waals surface area contributed by atoms with Crippen LogP contribution in [0.15, 0.2) is 18.3 Å². The second kappa shape index (κ2) is 7.60. The number of nitrogens with zero attached hydrogens (tertiary/aromatic N) is 2. The lowest BCUT2D eigenvalue weighted by Crippen LogP contribution is -2.26. The molecule has 94 valence electrons. The summed E-state index contributed by atoms with van der Waals surface area (Å²) < 4.78 is 1.03. The van der Waals surface area contributed by atoms with Gasteiger partial charge in [-0.3, -0.25) is 4.79 Å². The quantitative estimate of drug-likeness (QED) is 0.632. The largest absolute Gasteiger partial charge is 0.351 e. The average molecular weight is 343 g/mol. The monoisotopic (exact) mass is 343 g/mol. The van der Waals surface area contributed by atoms with Crippen molar-refractivity contribution in [3.05, 3.63) is 27.6 Å². The molecule has 0 saturated carbocycles. The SMILES string of the molecule is CN(C)CCCCNC(=O)c1ccc([123I])cn1. The van der Waals surface area contributed by atoms with Gasteiger partial charge in [-0.15, -0.1) is 0 Å². The first-order chi connectivity index (χ1) is 8.09. The van der Waals surface area contributed by atoms with E-state index in [0.29, 0.717) is 12.2 Å². The van der Waals surface area contributed by atoms with E-state index in [1.165, 1.54) is 0 Å². The Morgan fingerprint density at radius 2 is 2.18 bits per heavy atom. The van der Waals surface area contributed by atoms with Crippen LogP contribution in [0.4, 0.5) is 0 Å². The lowest BCUT2D eigenvalue weighted by atomic mass is 10.3. The summed E-state index contributed by atoms with van der Waals surface area (Å²) in [7, 11) is 4.10. The standard InChI is InChI=1S/C12H18IN3O/c1-16(2)8-4-3-7-14-12(17)11-6-5-10(13)9-15-11/h5-6,9H,3-4,7-8H2,1-2H3,(H,14,17)/i13-4. The highest BCUT2D eigenvalue weighted by Crippen LogP contribution is 2.03. The van der Waals surface area contributed by atoms with Crippen LogP contribution in [0.25, 0.3) is 0 Å². The molecule has 0 aliphatic heterocycles. The summed E-state index contributed by atoms with van der Waals surface area (Å²) in [5.41, 5.74) is 0.484. The highest BCUT2D eigenvalue weighted by atomic mass is 123. The summed E-state index contributed by atoms with van der Waals surface area (Å²) >= 11 is 2.17. The van der Waals surface area contributed by atoms with Gasteiger partial charge in [0.2, 0.25) is 0 Å². The second-order valence-corrected chi connectivity index (χ2v) is 5.37. The van der Waals surface area contributed by atoms with Gasteiger partial charge in [0.1, 0.15) is 5.69 Å². The lowest BCUT2D eigenvalue weighted by Gasteiger charge is -2.09. The van der Waals surface area contributed by atoms with Gasteiger partial charge >= 0.3 is 0 Å². The first-order valence-corrected chi connectivity index (χ1v) is 6.72. The molecule has 1 rings (SSSR count). The van der Waals surface area contributed by atoms with Crippen LogP contribution in [0.5, 0.6) is 0 Å². The number of amides is 1. The van der Waals surface area contributed by atoms with E-state index in [1.54, 1.807) is 12.3 Å². The molecule has 17 heavy (non-hydrogen) atoms. The molecular weight excluding hydrogens is 325 g/mol. The number of carbonyl (C=O) groups excluding carboxylic acids is 1. The van der Waals surface area contributed by atoms with E-state index in [4.69, 9.17) is 0 Å². The maximum atomic E-state index is 11.7. The van der Waals surface area contributed by atoms with Gasteiger partial charge in [-0.05, 0) is 68.2 Å². The fraction of sp³-hybridized carbons (Fsp3) is 0.500. The van der Waals surface area contributed by atoms with Crippen LogP contribution < -0.4 is 5.32 Å². The Morgan fingerprint density at radius 1 is 1.41 bits per heavy atom. The zero-order valence-corrected chi connectivity index (χ0v) is 12.4. The molecule has 4 nitrogen and oxygen atoms in total. The van der Waals surface area contributed by atoms with Crippen molar-refractivity contribution < 1.29 is 4.79 Å². The van der Waals surface area contributed by atoms with Gasteiger partial charge in [0.15, 0.2) is 0 Å². The van der Waals surface area contributed by atoms with Crippen molar-refractivity contribution in [2.45, 2.75) is 12.8 Å². The number of hydrogen-bond acceptors (Lipinski definition) is 3. The Labute approximate surface area is 116 Å². The molecule has 1 heterocycles. The molecule has 5 heteroatoms. The molecule has 1 N–H and O–H groups in total. The topological polar surface area (TPSA) is 45.2 Å². The van der Waals surface area contributed by atoms with Crippen molar-refractivity contribution in [2.75, 3.05) is 27.2 Å². The Kier molecular flexibility index (Phi) is 6.43. The predicted molar refractivity (Wildman–Crippen MR) is 77.1 cm³/mol. The van der Waals surface area contributed by atoms with Crippen LogP contribution in [0, 0.1) is 3.57 Å². The van der Waals surface area contributed by atoms with E-state index in [2.05, 4.69) is 37.8 Å². The van der Waals surface area contributed by atoms with E-state index in [1.807, 2.05) is 20.2 Å². The Morgan fingerprint density at radius 3 is 2.76 bits per heavy atom. The molecule has 0 radical (unpaired) electrons. The Balaban J connectivity index is 2.23. The normalized spacial score (nSPS) is 10.6. The second-order valence-electron chi connectivity index (χ2n) is 4.13. The molecule has 0 aromatic carbocycles. The van der Waals surface area contributed by atoms with Crippen molar-refractivity contribution in [2.24, 2.45) is 0 Å². The van der Waals surface area contributed by atoms with Crippen LogP contribution in [0.2, 0.25) is 0 Å². The number of halogens is 1. The van der Waals surface area contributed by atoms with Crippen molar-refractivity contribution in [3.8, 4) is 0 Å². The molecule has 0 aliphatic carbocycles. The van der Waals surface area contributed by atoms with Gasteiger partial charge in [-0.1, -0.05) is 0 Å². The number of carbonyl (C=O) groups is 1. The Bertz CT molecular complexity index is 351. The molecule has 0 atom stereocenters. The van der Waals surface area contributed by atoms with Gasteiger partial charge in [0.05, 0.1) is 0 Å². The first kappa shape index (κ1) is 14.4. The van der Waals surface area contributed by atoms with Crippen LogP contribution >= 0.6 is 22.6 Å². The third kappa shape index (κ3) is 5.97. The molecule has 1 amide bonds. The van der Waals surface area contributed by atoms with E-state index in [-0.39, 0.29) is 5.91 Å². The van der Waals surface area contributed by atoms with E-state index in [9.17, 15) is 4.79 Å². The highest BCUT2D eigenvalue weighted by molar-refractivity contribution is 14.1. The van der Waals surface area contributed by atoms with E-state index < -0.39 is 0 Å². The van der Waals surface area contributed by atoms with Crippen LogP contribution in [-0.2, 0) is 0 Å². The minimum absolute atomic E-state index is 0.0914. The molecular formula is C12H18IN3O. The summed E-state index contributed by atoms with van der Waals surface area (Å²) in [6.07, 6.45) is 3.78. The maximum Gasteiger partial charge on any atom is 0.269 e. The number of rotatable bonds is 6. The fourth-order valence-electron chi connectivity index (χ4n) is 1.36. The first-order valence-electron chi connectivity index (χ1n) is 5.64. The maximum absolute atomic E-state index is 11.7. The van der Waals surface area contributed by atoms with Gasteiger partial charge in [-0.2, -0.15) is 0 Å². The molecule has 0 fully saturated rings. The lowest BCUT2D eigenvalue weighted by molar-refractivity contribution is 0.0948. The van der Waals surface area contributed by atoms with Crippen LogP contribution in [0.3, 0.4) is 0 Å². The molecule has 0 saturated heterocycles. The van der Waals surface area contributed by atoms with Crippen molar-refractivity contribution >= 4 is 28.5 Å². The number of pyridine rings is 1. The number of aromatic nitrogens is 1. The third-order valence-corrected chi connectivity index (χ3v) is 2.92. The number of nitrogens with one attached hydrogen (secondary N) is 1. The third-order valence-electron chi connectivity index (χ3n) is 2.28. The molecule has 1 aromatic rings. The zero-order chi connectivity index (χ0) is 12.7. The summed E-state index contributed by atoms with van der Waals surface area (Å²) in [6, 6.07) is 3.63. The molecule has 0 aliphatic rings. The Hall–Kier alpha value is -0.690. The highest BCUT2D eigenvalue weighted by Gasteiger charge is 2.05. The van der Waals surface area contributed by atoms with Crippen LogP contribution in [-0.4, -0.2) is 43.0 Å². The summed E-state index contributed by atoms with van der Waals surface area (Å²) in [4.78, 5) is 17.9. The van der Waals surface area contributed by atoms with Crippen molar-refractivity contribution in [1.82, 2.24) is 15.2 Å². The average Bonchev–Trinajstić information content (AvgIpc) is 2.29. The van der Waals surface area contributed by atoms with Gasteiger partial charge in [0.25, 0.3) is 5.91 Å². The molecule has 0 spiro atoms. The molecule has 0 unspecified atom stereocenters. The van der Waals surface area contributed by atoms with Crippen molar-refractivity contribution in [3.63, 3.8) is 0 Å². The van der Waals surface area contributed by atoms with Gasteiger partial charge in [0, 0.05) is 16.3 Å². The van der Waals surface area contributed by atoms with E-state index in [0.717, 1.165) is 23.0 Å². The van der Waals surface area contributed by atoms with Gasteiger partial charge < -0.3 is 10.2 Å².